The molecule has 1 heterocycles. The Balaban J connectivity index is 1.90. The molecule has 0 spiro atoms. The first-order valence-electron chi connectivity index (χ1n) is 10.6. The molecule has 0 bridgehead atoms. The Morgan fingerprint density at radius 3 is 1.95 bits per heavy atom. The van der Waals surface area contributed by atoms with Crippen molar-refractivity contribution in [3.63, 3.8) is 0 Å². The van der Waals surface area contributed by atoms with E-state index in [4.69, 9.17) is 4.74 Å². The highest BCUT2D eigenvalue weighted by molar-refractivity contribution is 6.12. The molecule has 4 aromatic rings. The van der Waals surface area contributed by atoms with E-state index in [9.17, 15) is 46.1 Å². The molecule has 3 N–H and O–H groups in total. The fraction of sp³-hybridized carbons (Fsp3) is 0.120. The zero-order chi connectivity index (χ0) is 27.8. The van der Waals surface area contributed by atoms with Gasteiger partial charge in [0.1, 0.15) is 17.2 Å². The number of carboxylic acid groups (broad SMARTS) is 2. The summed E-state index contributed by atoms with van der Waals surface area (Å²) in [7, 11) is 0. The molecule has 0 aliphatic carbocycles. The Morgan fingerprint density at radius 1 is 0.816 bits per heavy atom. The lowest BCUT2D eigenvalue weighted by atomic mass is 9.96. The SMILES string of the molecule is O=C(O)Cc1[nH]c2ccc(Oc3ccc(C(F)(F)F)cc3)c(-c3ccc(OC(F)(F)F)cc3)c2c1C(=O)O. The number of aromatic amines is 1. The number of aliphatic carboxylic acids is 1. The standard InChI is InChI=1S/C25H15F6NO6/c26-24(27,28)13-3-7-14(8-4-13)37-18-10-9-16-21(22(23(35)36)17(32-16)11-19(33)34)20(18)12-1-5-15(6-2-12)38-25(29,30)31/h1-10,32H,11H2,(H,33,34)(H,35,36). The summed E-state index contributed by atoms with van der Waals surface area (Å²) in [4.78, 5) is 26.2. The summed E-state index contributed by atoms with van der Waals surface area (Å²) in [6.07, 6.45) is -10.2. The number of aromatic nitrogens is 1. The number of halogens is 6. The Labute approximate surface area is 208 Å². The topological polar surface area (TPSA) is 109 Å². The first-order chi connectivity index (χ1) is 17.7. The molecule has 0 saturated carbocycles. The first kappa shape index (κ1) is 26.4. The normalized spacial score (nSPS) is 11.9. The van der Waals surface area contributed by atoms with E-state index in [1.807, 2.05) is 0 Å². The molecule has 0 aliphatic heterocycles. The summed E-state index contributed by atoms with van der Waals surface area (Å²) < 4.78 is 86.2. The number of benzene rings is 3. The molecule has 13 heteroatoms. The minimum Gasteiger partial charge on any atom is -0.481 e. The highest BCUT2D eigenvalue weighted by Crippen LogP contribution is 2.43. The third-order valence-corrected chi connectivity index (χ3v) is 5.33. The lowest BCUT2D eigenvalue weighted by Gasteiger charge is -2.15. The van der Waals surface area contributed by atoms with E-state index in [1.165, 1.54) is 24.3 Å². The molecular formula is C25H15F6NO6. The molecule has 1 aromatic heterocycles. The molecule has 38 heavy (non-hydrogen) atoms. The van der Waals surface area contributed by atoms with Crippen LogP contribution >= 0.6 is 0 Å². The van der Waals surface area contributed by atoms with Gasteiger partial charge >= 0.3 is 24.5 Å². The lowest BCUT2D eigenvalue weighted by molar-refractivity contribution is -0.274. The summed E-state index contributed by atoms with van der Waals surface area (Å²) in [5.74, 6) is -3.47. The number of carbonyl (C=O) groups is 2. The van der Waals surface area contributed by atoms with Gasteiger partial charge in [-0.25, -0.2) is 4.79 Å². The summed E-state index contributed by atoms with van der Waals surface area (Å²) in [5.41, 5.74) is -1.10. The van der Waals surface area contributed by atoms with Crippen LogP contribution in [0.2, 0.25) is 0 Å². The van der Waals surface area contributed by atoms with Crippen molar-refractivity contribution in [3.8, 4) is 28.4 Å². The number of H-pyrrole nitrogens is 1. The van der Waals surface area contributed by atoms with Crippen LogP contribution in [-0.2, 0) is 17.4 Å². The second-order valence-corrected chi connectivity index (χ2v) is 7.91. The molecule has 3 aromatic carbocycles. The molecule has 0 amide bonds. The number of nitrogens with one attached hydrogen (secondary N) is 1. The zero-order valence-corrected chi connectivity index (χ0v) is 18.8. The van der Waals surface area contributed by atoms with Crippen LogP contribution in [0.15, 0.2) is 60.7 Å². The van der Waals surface area contributed by atoms with Gasteiger partial charge in [-0.2, -0.15) is 13.2 Å². The molecule has 198 valence electrons. The molecule has 7 nitrogen and oxygen atoms in total. The van der Waals surface area contributed by atoms with Crippen molar-refractivity contribution < 1.29 is 55.6 Å². The average molecular weight is 539 g/mol. The van der Waals surface area contributed by atoms with Gasteiger partial charge in [0.05, 0.1) is 17.5 Å². The highest BCUT2D eigenvalue weighted by atomic mass is 19.4. The van der Waals surface area contributed by atoms with Crippen molar-refractivity contribution in [2.45, 2.75) is 19.0 Å². The Morgan fingerprint density at radius 2 is 1.42 bits per heavy atom. The Hall–Kier alpha value is -4.68. The third-order valence-electron chi connectivity index (χ3n) is 5.33. The maximum atomic E-state index is 12.9. The molecular weight excluding hydrogens is 524 g/mol. The number of rotatable bonds is 7. The van der Waals surface area contributed by atoms with Crippen LogP contribution in [0, 0.1) is 0 Å². The minimum atomic E-state index is -4.96. The molecule has 0 unspecified atom stereocenters. The Kier molecular flexibility index (Phi) is 6.70. The van der Waals surface area contributed by atoms with Gasteiger partial charge in [-0.15, -0.1) is 13.2 Å². The van der Waals surface area contributed by atoms with Gasteiger partial charge in [-0.05, 0) is 54.1 Å². The number of carboxylic acids is 2. The molecule has 0 atom stereocenters. The van der Waals surface area contributed by atoms with E-state index in [0.717, 1.165) is 36.4 Å². The molecule has 0 saturated heterocycles. The number of hydrogen-bond donors (Lipinski definition) is 3. The summed E-state index contributed by atoms with van der Waals surface area (Å²) >= 11 is 0. The maximum Gasteiger partial charge on any atom is 0.573 e. The van der Waals surface area contributed by atoms with Crippen LogP contribution in [0.5, 0.6) is 17.2 Å². The molecule has 0 fully saturated rings. The van der Waals surface area contributed by atoms with Crippen LogP contribution < -0.4 is 9.47 Å². The van der Waals surface area contributed by atoms with Crippen LogP contribution in [0.1, 0.15) is 21.6 Å². The first-order valence-corrected chi connectivity index (χ1v) is 10.6. The average Bonchev–Trinajstić information content (AvgIpc) is 3.16. The van der Waals surface area contributed by atoms with Gasteiger partial charge in [-0.1, -0.05) is 12.1 Å². The fourth-order valence-corrected chi connectivity index (χ4v) is 3.88. The van der Waals surface area contributed by atoms with Crippen molar-refractivity contribution in [1.82, 2.24) is 4.98 Å². The van der Waals surface area contributed by atoms with Crippen molar-refractivity contribution in [2.75, 3.05) is 0 Å². The van der Waals surface area contributed by atoms with E-state index < -0.39 is 47.8 Å². The van der Waals surface area contributed by atoms with Crippen molar-refractivity contribution in [1.29, 1.82) is 0 Å². The van der Waals surface area contributed by atoms with Gasteiger partial charge in [0.15, 0.2) is 0 Å². The quantitative estimate of drug-likeness (QED) is 0.221. The molecule has 4 rings (SSSR count). The van der Waals surface area contributed by atoms with Crippen molar-refractivity contribution in [2.24, 2.45) is 0 Å². The van der Waals surface area contributed by atoms with Crippen molar-refractivity contribution in [3.05, 3.63) is 77.5 Å². The number of ether oxygens (including phenoxy) is 2. The van der Waals surface area contributed by atoms with Crippen LogP contribution in [0.4, 0.5) is 26.3 Å². The highest BCUT2D eigenvalue weighted by Gasteiger charge is 2.32. The van der Waals surface area contributed by atoms with E-state index in [1.54, 1.807) is 0 Å². The number of hydrogen-bond acceptors (Lipinski definition) is 4. The van der Waals surface area contributed by atoms with E-state index in [0.29, 0.717) is 0 Å². The maximum absolute atomic E-state index is 12.9. The molecule has 0 radical (unpaired) electrons. The van der Waals surface area contributed by atoms with E-state index in [-0.39, 0.29) is 39.2 Å². The van der Waals surface area contributed by atoms with Crippen LogP contribution in [0.3, 0.4) is 0 Å². The number of fused-ring (bicyclic) bond motifs is 1. The summed E-state index contributed by atoms with van der Waals surface area (Å²) in [6.45, 7) is 0. The second kappa shape index (κ2) is 9.65. The third kappa shape index (κ3) is 5.66. The van der Waals surface area contributed by atoms with E-state index in [2.05, 4.69) is 9.72 Å². The second-order valence-electron chi connectivity index (χ2n) is 7.91. The van der Waals surface area contributed by atoms with Gasteiger partial charge < -0.3 is 24.7 Å². The van der Waals surface area contributed by atoms with Crippen molar-refractivity contribution >= 4 is 22.8 Å². The number of alkyl halides is 6. The van der Waals surface area contributed by atoms with Crippen LogP contribution in [0.25, 0.3) is 22.0 Å². The minimum absolute atomic E-state index is 0.0114. The Bertz CT molecular complexity index is 1510. The smallest absolute Gasteiger partial charge is 0.481 e. The monoisotopic (exact) mass is 539 g/mol. The van der Waals surface area contributed by atoms with Gasteiger partial charge in [0.25, 0.3) is 0 Å². The van der Waals surface area contributed by atoms with Gasteiger partial charge in [0.2, 0.25) is 0 Å². The predicted octanol–water partition coefficient (Wildman–Crippen LogP) is 6.87. The van der Waals surface area contributed by atoms with Gasteiger partial charge in [0, 0.05) is 22.2 Å². The fourth-order valence-electron chi connectivity index (χ4n) is 3.88. The van der Waals surface area contributed by atoms with Crippen LogP contribution in [-0.4, -0.2) is 33.5 Å². The van der Waals surface area contributed by atoms with E-state index >= 15 is 0 Å². The largest absolute Gasteiger partial charge is 0.573 e. The zero-order valence-electron chi connectivity index (χ0n) is 18.8. The van der Waals surface area contributed by atoms with Gasteiger partial charge in [-0.3, -0.25) is 4.79 Å². The lowest BCUT2D eigenvalue weighted by Crippen LogP contribution is -2.16. The summed E-state index contributed by atoms with van der Waals surface area (Å²) in [5, 5.41) is 19.1. The predicted molar refractivity (Wildman–Crippen MR) is 120 cm³/mol. The summed E-state index contributed by atoms with van der Waals surface area (Å²) in [6, 6.07) is 10.8. The molecule has 0 aliphatic rings. The number of aromatic carboxylic acids is 1.